The number of nitrogens with zero attached hydrogens (tertiary/aromatic N) is 2. The largest absolute Gasteiger partial charge is 0.470 e. The fourth-order valence-electron chi connectivity index (χ4n) is 2.33. The van der Waals surface area contributed by atoms with Crippen molar-refractivity contribution in [2.45, 2.75) is 6.23 Å². The Kier molecular flexibility index (Phi) is 3.43. The van der Waals surface area contributed by atoms with Gasteiger partial charge in [-0.05, 0) is 24.3 Å². The standard InChI is InChI=1S/C14H13ClN2O2/c15-12-1-2-13-10(8-12)7-11(9-16)14(19-13)17-3-5-18-6-4-17/h1-2,7-8,14H,3-6H2. The third kappa shape index (κ3) is 2.45. The van der Waals surface area contributed by atoms with E-state index in [4.69, 9.17) is 21.1 Å². The number of halogens is 1. The number of fused-ring (bicyclic) bond motifs is 1. The van der Waals surface area contributed by atoms with Crippen LogP contribution in [0.2, 0.25) is 5.02 Å². The van der Waals surface area contributed by atoms with Crippen molar-refractivity contribution in [3.63, 3.8) is 0 Å². The van der Waals surface area contributed by atoms with Crippen LogP contribution in [0.15, 0.2) is 23.8 Å². The molecule has 2 aliphatic heterocycles. The Bertz CT molecular complexity index is 559. The Morgan fingerprint density at radius 3 is 2.84 bits per heavy atom. The van der Waals surface area contributed by atoms with E-state index in [1.165, 1.54) is 0 Å². The summed E-state index contributed by atoms with van der Waals surface area (Å²) in [6, 6.07) is 7.67. The molecule has 1 atom stereocenters. The Hall–Kier alpha value is -1.54. The second kappa shape index (κ2) is 5.22. The number of ether oxygens (including phenoxy) is 2. The molecule has 1 saturated heterocycles. The van der Waals surface area contributed by atoms with Gasteiger partial charge in [0.2, 0.25) is 0 Å². The molecule has 0 radical (unpaired) electrons. The van der Waals surface area contributed by atoms with Crippen LogP contribution in [-0.4, -0.2) is 37.4 Å². The van der Waals surface area contributed by atoms with Gasteiger partial charge in [0.15, 0.2) is 6.23 Å². The molecule has 0 bridgehead atoms. The summed E-state index contributed by atoms with van der Waals surface area (Å²) in [4.78, 5) is 2.12. The molecule has 1 unspecified atom stereocenters. The number of rotatable bonds is 1. The molecule has 2 aliphatic rings. The van der Waals surface area contributed by atoms with Crippen molar-refractivity contribution < 1.29 is 9.47 Å². The Morgan fingerprint density at radius 1 is 1.32 bits per heavy atom. The summed E-state index contributed by atoms with van der Waals surface area (Å²) in [6.07, 6.45) is 1.53. The second-order valence-corrected chi connectivity index (χ2v) is 4.95. The second-order valence-electron chi connectivity index (χ2n) is 4.51. The van der Waals surface area contributed by atoms with Gasteiger partial charge in [-0.3, -0.25) is 4.90 Å². The lowest BCUT2D eigenvalue weighted by Crippen LogP contribution is -2.47. The van der Waals surface area contributed by atoms with Crippen molar-refractivity contribution >= 4 is 17.7 Å². The maximum absolute atomic E-state index is 9.30. The summed E-state index contributed by atoms with van der Waals surface area (Å²) >= 11 is 5.96. The fraction of sp³-hybridized carbons (Fsp3) is 0.357. The first-order chi connectivity index (χ1) is 9.28. The van der Waals surface area contributed by atoms with Gasteiger partial charge in [-0.25, -0.2) is 0 Å². The average molecular weight is 277 g/mol. The average Bonchev–Trinajstić information content (AvgIpc) is 2.46. The lowest BCUT2D eigenvalue weighted by Gasteiger charge is -2.36. The Morgan fingerprint density at radius 2 is 2.11 bits per heavy atom. The highest BCUT2D eigenvalue weighted by atomic mass is 35.5. The number of nitriles is 1. The smallest absolute Gasteiger partial charge is 0.189 e. The van der Waals surface area contributed by atoms with Crippen LogP contribution in [0.5, 0.6) is 5.75 Å². The third-order valence-corrected chi connectivity index (χ3v) is 3.53. The van der Waals surface area contributed by atoms with Crippen LogP contribution < -0.4 is 4.74 Å². The van der Waals surface area contributed by atoms with Crippen LogP contribution in [0.4, 0.5) is 0 Å². The van der Waals surface area contributed by atoms with Gasteiger partial charge >= 0.3 is 0 Å². The minimum absolute atomic E-state index is 0.317. The van der Waals surface area contributed by atoms with Crippen molar-refractivity contribution in [2.24, 2.45) is 0 Å². The summed E-state index contributed by atoms with van der Waals surface area (Å²) in [5.74, 6) is 0.764. The van der Waals surface area contributed by atoms with Gasteiger partial charge in [0.25, 0.3) is 0 Å². The molecular weight excluding hydrogens is 264 g/mol. The zero-order valence-corrected chi connectivity index (χ0v) is 11.1. The third-order valence-electron chi connectivity index (χ3n) is 3.29. The van der Waals surface area contributed by atoms with Crippen LogP contribution >= 0.6 is 11.6 Å². The molecule has 0 aliphatic carbocycles. The maximum atomic E-state index is 9.30. The van der Waals surface area contributed by atoms with E-state index < -0.39 is 0 Å². The molecule has 0 spiro atoms. The molecule has 1 fully saturated rings. The highest BCUT2D eigenvalue weighted by Gasteiger charge is 2.29. The van der Waals surface area contributed by atoms with Crippen LogP contribution in [-0.2, 0) is 4.74 Å². The Balaban J connectivity index is 1.92. The molecule has 0 saturated carbocycles. The topological polar surface area (TPSA) is 45.5 Å². The molecule has 5 heteroatoms. The van der Waals surface area contributed by atoms with Crippen molar-refractivity contribution in [1.29, 1.82) is 5.26 Å². The van der Waals surface area contributed by atoms with Crippen LogP contribution in [0.25, 0.3) is 6.08 Å². The zero-order valence-electron chi connectivity index (χ0n) is 10.3. The molecule has 98 valence electrons. The molecular formula is C14H13ClN2O2. The number of morpholine rings is 1. The molecule has 19 heavy (non-hydrogen) atoms. The van der Waals surface area contributed by atoms with Crippen molar-refractivity contribution in [3.8, 4) is 11.8 Å². The molecule has 1 aromatic rings. The van der Waals surface area contributed by atoms with E-state index in [-0.39, 0.29) is 6.23 Å². The lowest BCUT2D eigenvalue weighted by atomic mass is 10.1. The first-order valence-corrected chi connectivity index (χ1v) is 6.55. The normalized spacial score (nSPS) is 22.9. The quantitative estimate of drug-likeness (QED) is 0.790. The monoisotopic (exact) mass is 276 g/mol. The number of hydrogen-bond acceptors (Lipinski definition) is 4. The van der Waals surface area contributed by atoms with Gasteiger partial charge in [-0.1, -0.05) is 11.6 Å². The summed E-state index contributed by atoms with van der Waals surface area (Å²) in [6.45, 7) is 2.89. The zero-order chi connectivity index (χ0) is 13.2. The minimum Gasteiger partial charge on any atom is -0.470 e. The van der Waals surface area contributed by atoms with E-state index in [0.29, 0.717) is 23.8 Å². The van der Waals surface area contributed by atoms with E-state index in [1.54, 1.807) is 6.07 Å². The van der Waals surface area contributed by atoms with Gasteiger partial charge in [0.05, 0.1) is 18.8 Å². The van der Waals surface area contributed by atoms with E-state index in [0.717, 1.165) is 24.4 Å². The fourth-order valence-corrected chi connectivity index (χ4v) is 2.51. The predicted octanol–water partition coefficient (Wildman–Crippen LogP) is 2.30. The van der Waals surface area contributed by atoms with E-state index >= 15 is 0 Å². The SMILES string of the molecule is N#CC1=Cc2cc(Cl)ccc2OC1N1CCOCC1. The van der Waals surface area contributed by atoms with Gasteiger partial charge in [-0.15, -0.1) is 0 Å². The summed E-state index contributed by atoms with van der Waals surface area (Å²) in [5, 5.41) is 9.94. The Labute approximate surface area is 116 Å². The highest BCUT2D eigenvalue weighted by molar-refractivity contribution is 6.30. The van der Waals surface area contributed by atoms with Crippen molar-refractivity contribution in [3.05, 3.63) is 34.4 Å². The number of benzene rings is 1. The molecule has 0 aromatic heterocycles. The molecule has 0 N–H and O–H groups in total. The van der Waals surface area contributed by atoms with Crippen LogP contribution in [0.1, 0.15) is 5.56 Å². The van der Waals surface area contributed by atoms with Gasteiger partial charge in [0, 0.05) is 23.7 Å². The molecule has 0 amide bonds. The number of hydrogen-bond donors (Lipinski definition) is 0. The van der Waals surface area contributed by atoms with E-state index in [1.807, 2.05) is 18.2 Å². The first kappa shape index (κ1) is 12.5. The lowest BCUT2D eigenvalue weighted by molar-refractivity contribution is -0.0289. The van der Waals surface area contributed by atoms with Gasteiger partial charge in [-0.2, -0.15) is 5.26 Å². The molecule has 1 aromatic carbocycles. The van der Waals surface area contributed by atoms with Gasteiger partial charge in [0.1, 0.15) is 11.8 Å². The summed E-state index contributed by atoms with van der Waals surface area (Å²) < 4.78 is 11.3. The van der Waals surface area contributed by atoms with Crippen LogP contribution in [0.3, 0.4) is 0 Å². The van der Waals surface area contributed by atoms with E-state index in [2.05, 4.69) is 11.0 Å². The highest BCUT2D eigenvalue weighted by Crippen LogP contribution is 2.32. The maximum Gasteiger partial charge on any atom is 0.189 e. The summed E-state index contributed by atoms with van der Waals surface area (Å²) in [5.41, 5.74) is 1.46. The van der Waals surface area contributed by atoms with Crippen molar-refractivity contribution in [1.82, 2.24) is 4.90 Å². The van der Waals surface area contributed by atoms with E-state index in [9.17, 15) is 5.26 Å². The van der Waals surface area contributed by atoms with Crippen molar-refractivity contribution in [2.75, 3.05) is 26.3 Å². The summed E-state index contributed by atoms with van der Waals surface area (Å²) in [7, 11) is 0. The first-order valence-electron chi connectivity index (χ1n) is 6.17. The molecule has 3 rings (SSSR count). The predicted molar refractivity (Wildman–Crippen MR) is 71.9 cm³/mol. The van der Waals surface area contributed by atoms with Gasteiger partial charge < -0.3 is 9.47 Å². The molecule has 4 nitrogen and oxygen atoms in total. The van der Waals surface area contributed by atoms with Crippen LogP contribution in [0, 0.1) is 11.3 Å². The molecule has 2 heterocycles. The minimum atomic E-state index is -0.317.